The van der Waals surface area contributed by atoms with E-state index >= 15 is 0 Å². The highest BCUT2D eigenvalue weighted by Gasteiger charge is 2.27. The van der Waals surface area contributed by atoms with Crippen molar-refractivity contribution < 1.29 is 22.4 Å². The maximum absolute atomic E-state index is 12.2. The Hall–Kier alpha value is -1.91. The fourth-order valence-electron chi connectivity index (χ4n) is 3.03. The van der Waals surface area contributed by atoms with Crippen LogP contribution in [-0.4, -0.2) is 68.8 Å². The fraction of sp³-hybridized carbons (Fsp3) is 0.600. The van der Waals surface area contributed by atoms with Crippen LogP contribution >= 0.6 is 0 Å². The molecule has 0 aliphatic carbocycles. The molecule has 25 heavy (non-hydrogen) atoms. The summed E-state index contributed by atoms with van der Waals surface area (Å²) in [5.74, 6) is -0.287. The number of nitrogens with zero attached hydrogens (tertiary/aromatic N) is 2. The van der Waals surface area contributed by atoms with E-state index in [0.717, 1.165) is 51.2 Å². The van der Waals surface area contributed by atoms with Gasteiger partial charge < -0.3 is 14.6 Å². The molecule has 0 saturated carbocycles. The minimum atomic E-state index is -3.97. The van der Waals surface area contributed by atoms with E-state index in [1.165, 1.54) is 0 Å². The second-order valence-electron chi connectivity index (χ2n) is 6.48. The Labute approximate surface area is 146 Å². The quantitative estimate of drug-likeness (QED) is 0.710. The van der Waals surface area contributed by atoms with Crippen molar-refractivity contribution in [2.45, 2.75) is 30.4 Å². The second kappa shape index (κ2) is 7.14. The number of piperidine rings is 1. The summed E-state index contributed by atoms with van der Waals surface area (Å²) in [6.07, 6.45) is 3.82. The van der Waals surface area contributed by atoms with Crippen LogP contribution in [0.25, 0.3) is 0 Å². The molecule has 2 saturated heterocycles. The van der Waals surface area contributed by atoms with Crippen LogP contribution in [0.4, 0.5) is 0 Å². The van der Waals surface area contributed by atoms with Crippen LogP contribution in [0.1, 0.15) is 29.6 Å². The molecule has 1 unspecified atom stereocenters. The van der Waals surface area contributed by atoms with Gasteiger partial charge in [-0.1, -0.05) is 0 Å². The maximum Gasteiger partial charge on any atom is 0.271 e. The third-order valence-corrected chi connectivity index (χ3v) is 5.30. The van der Waals surface area contributed by atoms with Gasteiger partial charge in [0.05, 0.1) is 12.1 Å². The first-order chi connectivity index (χ1) is 11.8. The van der Waals surface area contributed by atoms with Crippen molar-refractivity contribution in [1.29, 1.82) is 0 Å². The van der Waals surface area contributed by atoms with Crippen LogP contribution in [0.5, 0.6) is 0 Å². The van der Waals surface area contributed by atoms with Gasteiger partial charge in [-0.3, -0.25) is 14.5 Å². The lowest BCUT2D eigenvalue weighted by molar-refractivity contribution is -0.136. The van der Waals surface area contributed by atoms with Crippen LogP contribution in [0.3, 0.4) is 0 Å². The van der Waals surface area contributed by atoms with Gasteiger partial charge in [-0.2, -0.15) is 0 Å². The summed E-state index contributed by atoms with van der Waals surface area (Å²) in [6.45, 7) is 3.45. The van der Waals surface area contributed by atoms with E-state index in [-0.39, 0.29) is 17.5 Å². The average molecular weight is 370 g/mol. The van der Waals surface area contributed by atoms with Gasteiger partial charge in [0.15, 0.2) is 0 Å². The molecule has 2 aliphatic rings. The highest BCUT2D eigenvalue weighted by atomic mass is 32.2. The first-order valence-electron chi connectivity index (χ1n) is 8.25. The summed E-state index contributed by atoms with van der Waals surface area (Å²) in [7, 11) is -3.97. The number of carbonyl (C=O) groups excluding carboxylic acids is 2. The Balaban J connectivity index is 1.54. The van der Waals surface area contributed by atoms with E-state index in [9.17, 15) is 18.0 Å². The monoisotopic (exact) mass is 370 g/mol. The molecule has 10 heteroatoms. The molecule has 2 amide bonds. The summed E-state index contributed by atoms with van der Waals surface area (Å²) in [5, 5.41) is 7.38. The molecule has 1 atom stereocenters. The Bertz CT molecular complexity index is 756. The van der Waals surface area contributed by atoms with E-state index in [1.54, 1.807) is 0 Å². The molecule has 3 N–H and O–H groups in total. The van der Waals surface area contributed by atoms with Crippen LogP contribution in [0.2, 0.25) is 0 Å². The number of amides is 2. The van der Waals surface area contributed by atoms with Gasteiger partial charge in [-0.25, -0.2) is 13.6 Å². The van der Waals surface area contributed by atoms with Gasteiger partial charge in [-0.05, 0) is 25.8 Å². The molecule has 0 aromatic carbocycles. The summed E-state index contributed by atoms with van der Waals surface area (Å²) in [5.41, 5.74) is 0.109. The predicted octanol–water partition coefficient (Wildman–Crippen LogP) is -0.646. The highest BCUT2D eigenvalue weighted by molar-refractivity contribution is 7.89. The summed E-state index contributed by atoms with van der Waals surface area (Å²) in [6, 6.07) is 1.01. The molecular weight excluding hydrogens is 348 g/mol. The van der Waals surface area contributed by atoms with Gasteiger partial charge in [-0.15, -0.1) is 0 Å². The van der Waals surface area contributed by atoms with Crippen molar-refractivity contribution in [3.63, 3.8) is 0 Å². The Morgan fingerprint density at radius 1 is 1.28 bits per heavy atom. The number of rotatable bonds is 5. The van der Waals surface area contributed by atoms with E-state index in [1.807, 2.05) is 9.80 Å². The third-order valence-electron chi connectivity index (χ3n) is 4.53. The number of carbonyl (C=O) groups is 2. The highest BCUT2D eigenvalue weighted by Crippen LogP contribution is 2.15. The summed E-state index contributed by atoms with van der Waals surface area (Å²) >= 11 is 0. The molecule has 1 aromatic heterocycles. The normalized spacial score (nSPS) is 21.6. The number of primary sulfonamides is 1. The van der Waals surface area contributed by atoms with Crippen molar-refractivity contribution >= 4 is 21.8 Å². The van der Waals surface area contributed by atoms with E-state index < -0.39 is 21.0 Å². The number of nitrogens with two attached hydrogens (primary N) is 1. The van der Waals surface area contributed by atoms with Crippen molar-refractivity contribution in [2.75, 3.05) is 32.7 Å². The summed E-state index contributed by atoms with van der Waals surface area (Å²) in [4.78, 5) is 28.2. The second-order valence-corrected chi connectivity index (χ2v) is 7.97. The first kappa shape index (κ1) is 17.9. The number of hydrogen-bond acceptors (Lipinski definition) is 6. The molecule has 0 spiro atoms. The zero-order valence-corrected chi connectivity index (χ0v) is 14.6. The zero-order valence-electron chi connectivity index (χ0n) is 13.8. The van der Waals surface area contributed by atoms with Gasteiger partial charge in [0.2, 0.25) is 11.0 Å². The first-order valence-corrected chi connectivity index (χ1v) is 9.80. The zero-order chi connectivity index (χ0) is 18.0. The minimum absolute atomic E-state index is 0.0988. The van der Waals surface area contributed by atoms with Crippen LogP contribution in [0, 0.1) is 0 Å². The lowest BCUT2D eigenvalue weighted by Gasteiger charge is -2.36. The number of likely N-dealkylation sites (tertiary alicyclic amines) is 2. The van der Waals surface area contributed by atoms with Crippen molar-refractivity contribution in [2.24, 2.45) is 5.14 Å². The van der Waals surface area contributed by atoms with E-state index in [2.05, 4.69) is 5.32 Å². The standard InChI is InChI=1S/C15H22N4O5S/c16-25(22,23)14-7-11(10-24-14)15(21)17-12-3-1-4-18(8-12)9-13(20)19-5-2-6-19/h7,10,12H,1-6,8-9H2,(H,17,21)(H2,16,22,23). The molecule has 3 heterocycles. The molecule has 1 aromatic rings. The molecule has 138 valence electrons. The van der Waals surface area contributed by atoms with Gasteiger partial charge in [0.1, 0.15) is 6.26 Å². The van der Waals surface area contributed by atoms with E-state index in [0.29, 0.717) is 13.1 Å². The predicted molar refractivity (Wildman–Crippen MR) is 88.2 cm³/mol. The lowest BCUT2D eigenvalue weighted by Crippen LogP contribution is -2.52. The van der Waals surface area contributed by atoms with Crippen LogP contribution in [-0.2, 0) is 14.8 Å². The molecule has 2 fully saturated rings. The maximum atomic E-state index is 12.2. The molecule has 0 radical (unpaired) electrons. The Morgan fingerprint density at radius 2 is 2.04 bits per heavy atom. The number of furan rings is 1. The van der Waals surface area contributed by atoms with Crippen molar-refractivity contribution in [1.82, 2.24) is 15.1 Å². The summed E-state index contributed by atoms with van der Waals surface area (Å²) < 4.78 is 27.2. The largest absolute Gasteiger partial charge is 0.451 e. The smallest absolute Gasteiger partial charge is 0.271 e. The van der Waals surface area contributed by atoms with Crippen LogP contribution in [0.15, 0.2) is 21.8 Å². The molecule has 2 aliphatic heterocycles. The van der Waals surface area contributed by atoms with Gasteiger partial charge in [0, 0.05) is 31.7 Å². The third kappa shape index (κ3) is 4.39. The Morgan fingerprint density at radius 3 is 2.64 bits per heavy atom. The minimum Gasteiger partial charge on any atom is -0.451 e. The Kier molecular flexibility index (Phi) is 5.11. The average Bonchev–Trinajstić information content (AvgIpc) is 2.95. The molecular formula is C15H22N4O5S. The molecule has 0 bridgehead atoms. The van der Waals surface area contributed by atoms with Gasteiger partial charge >= 0.3 is 0 Å². The van der Waals surface area contributed by atoms with Gasteiger partial charge in [0.25, 0.3) is 15.9 Å². The molecule has 3 rings (SSSR count). The van der Waals surface area contributed by atoms with Crippen molar-refractivity contribution in [3.05, 3.63) is 17.9 Å². The number of sulfonamides is 1. The molecule has 9 nitrogen and oxygen atoms in total. The number of nitrogens with one attached hydrogen (secondary N) is 1. The lowest BCUT2D eigenvalue weighted by atomic mass is 10.0. The van der Waals surface area contributed by atoms with Crippen LogP contribution < -0.4 is 10.5 Å². The number of hydrogen-bond donors (Lipinski definition) is 2. The fourth-order valence-corrected chi connectivity index (χ4v) is 3.50. The van der Waals surface area contributed by atoms with Crippen molar-refractivity contribution in [3.8, 4) is 0 Å². The topological polar surface area (TPSA) is 126 Å². The van der Waals surface area contributed by atoms with E-state index in [4.69, 9.17) is 9.56 Å². The SMILES string of the molecule is NS(=O)(=O)c1cc(C(=O)NC2CCCN(CC(=O)N3CCC3)C2)co1.